The second kappa shape index (κ2) is 4.98. The van der Waals surface area contributed by atoms with E-state index in [1.54, 1.807) is 0 Å². The third-order valence-corrected chi connectivity index (χ3v) is 2.32. The molecule has 7 nitrogen and oxygen atoms in total. The molecule has 9 heteroatoms. The van der Waals surface area contributed by atoms with E-state index in [2.05, 4.69) is 14.9 Å². The van der Waals surface area contributed by atoms with Gasteiger partial charge < -0.3 is 5.73 Å². The van der Waals surface area contributed by atoms with E-state index in [1.165, 1.54) is 18.2 Å². The maximum Gasteiger partial charge on any atom is 0.263 e. The van der Waals surface area contributed by atoms with Crippen LogP contribution >= 0.6 is 0 Å². The molecule has 1 heterocycles. The largest absolute Gasteiger partial charge is 0.379 e. The fraction of sp³-hybridized carbons (Fsp3) is 0.100. The van der Waals surface area contributed by atoms with Crippen molar-refractivity contribution in [2.24, 2.45) is 0 Å². The number of alkyl halides is 2. The lowest BCUT2D eigenvalue weighted by molar-refractivity contribution is 0.151. The predicted octanol–water partition coefficient (Wildman–Crippen LogP) is 1.81. The van der Waals surface area contributed by atoms with Crippen LogP contribution in [0.2, 0.25) is 0 Å². The van der Waals surface area contributed by atoms with Crippen molar-refractivity contribution in [2.75, 3.05) is 10.8 Å². The van der Waals surface area contributed by atoms with Gasteiger partial charge in [-0.2, -0.15) is 0 Å². The topological polar surface area (TPSA) is 112 Å². The molecule has 0 aliphatic heterocycles. The number of anilines is 2. The Morgan fingerprint density at radius 3 is 2.74 bits per heavy atom. The van der Waals surface area contributed by atoms with Gasteiger partial charge >= 0.3 is 0 Å². The summed E-state index contributed by atoms with van der Waals surface area (Å²) < 4.78 is 29.4. The summed E-state index contributed by atoms with van der Waals surface area (Å²) in [5, 5.41) is 24.4. The van der Waals surface area contributed by atoms with E-state index in [-0.39, 0.29) is 22.8 Å². The van der Waals surface area contributed by atoms with Crippen LogP contribution in [0.1, 0.15) is 17.7 Å². The van der Waals surface area contributed by atoms with Crippen LogP contribution in [0.15, 0.2) is 28.9 Å². The number of nitrogens with zero attached hydrogens (tertiary/aromatic N) is 3. The van der Waals surface area contributed by atoms with Gasteiger partial charge in [0.2, 0.25) is 0 Å². The van der Waals surface area contributed by atoms with Crippen molar-refractivity contribution in [3.05, 3.63) is 35.5 Å². The summed E-state index contributed by atoms with van der Waals surface area (Å²) in [6.45, 7) is 0. The van der Waals surface area contributed by atoms with Crippen molar-refractivity contribution >= 4 is 17.3 Å². The Morgan fingerprint density at radius 2 is 2.16 bits per heavy atom. The second-order valence-corrected chi connectivity index (χ2v) is 3.55. The average Bonchev–Trinajstić information content (AvgIpc) is 2.83. The first-order chi connectivity index (χ1) is 9.00. The van der Waals surface area contributed by atoms with Gasteiger partial charge in [-0.05, 0) is 22.4 Å². The zero-order chi connectivity index (χ0) is 14.0. The molecule has 1 aromatic carbocycles. The fourth-order valence-electron chi connectivity index (χ4n) is 1.38. The summed E-state index contributed by atoms with van der Waals surface area (Å²) >= 11 is 0. The van der Waals surface area contributed by atoms with Crippen LogP contribution in [0.3, 0.4) is 0 Å². The van der Waals surface area contributed by atoms with Gasteiger partial charge in [-0.1, -0.05) is 12.1 Å². The van der Waals surface area contributed by atoms with E-state index in [9.17, 15) is 14.0 Å². The number of nitrogens with one attached hydrogen (secondary N) is 1. The lowest BCUT2D eigenvalue weighted by atomic mass is 10.2. The molecular formula is C10H9F2N5O2. The second-order valence-electron chi connectivity index (χ2n) is 3.55. The van der Waals surface area contributed by atoms with Crippen LogP contribution < -0.4 is 10.8 Å². The minimum atomic E-state index is -2.68. The molecule has 2 rings (SSSR count). The summed E-state index contributed by atoms with van der Waals surface area (Å²) in [5.74, 6) is -0.723. The fourth-order valence-corrected chi connectivity index (χ4v) is 1.38. The van der Waals surface area contributed by atoms with E-state index in [0.29, 0.717) is 5.06 Å². The van der Waals surface area contributed by atoms with E-state index in [4.69, 9.17) is 11.1 Å². The molecule has 0 saturated heterocycles. The molecule has 19 heavy (non-hydrogen) atoms. The lowest BCUT2D eigenvalue weighted by Gasteiger charge is -2.16. The summed E-state index contributed by atoms with van der Waals surface area (Å²) in [6.07, 6.45) is -2.68. The Kier molecular flexibility index (Phi) is 3.38. The average molecular weight is 269 g/mol. The molecule has 2 aromatic rings. The number of nitrogens with two attached hydrogens (primary N) is 1. The molecule has 0 saturated carbocycles. The highest BCUT2D eigenvalue weighted by molar-refractivity contribution is 6.07. The Balaban J connectivity index is 2.29. The van der Waals surface area contributed by atoms with E-state index >= 15 is 0 Å². The number of hydroxylamine groups is 1. The molecule has 0 aliphatic rings. The molecule has 4 N–H and O–H groups in total. The minimum Gasteiger partial charge on any atom is -0.379 e. The third-order valence-electron chi connectivity index (χ3n) is 2.32. The van der Waals surface area contributed by atoms with Gasteiger partial charge in [0.05, 0.1) is 5.69 Å². The molecule has 0 fully saturated rings. The number of amidine groups is 1. The SMILES string of the molecule is N=C(c1nonc1N)N(O)c1cccc(C(F)F)c1. The van der Waals surface area contributed by atoms with Crippen molar-refractivity contribution in [1.82, 2.24) is 10.3 Å². The van der Waals surface area contributed by atoms with Crippen molar-refractivity contribution in [2.45, 2.75) is 6.43 Å². The highest BCUT2D eigenvalue weighted by Crippen LogP contribution is 2.24. The van der Waals surface area contributed by atoms with Crippen molar-refractivity contribution in [3.63, 3.8) is 0 Å². The first kappa shape index (κ1) is 12.9. The first-order valence-electron chi connectivity index (χ1n) is 5.04. The highest BCUT2D eigenvalue weighted by atomic mass is 19.3. The molecule has 0 amide bonds. The molecule has 0 unspecified atom stereocenters. The predicted molar refractivity (Wildman–Crippen MR) is 61.2 cm³/mol. The van der Waals surface area contributed by atoms with E-state index in [0.717, 1.165) is 6.07 Å². The van der Waals surface area contributed by atoms with E-state index < -0.39 is 12.3 Å². The smallest absolute Gasteiger partial charge is 0.263 e. The zero-order valence-corrected chi connectivity index (χ0v) is 9.42. The zero-order valence-electron chi connectivity index (χ0n) is 9.42. The summed E-state index contributed by atoms with van der Waals surface area (Å²) in [6, 6.07) is 4.93. The van der Waals surface area contributed by atoms with Gasteiger partial charge in [0, 0.05) is 5.56 Å². The van der Waals surface area contributed by atoms with Crippen LogP contribution in [0.5, 0.6) is 0 Å². The van der Waals surface area contributed by atoms with Crippen LogP contribution in [0.25, 0.3) is 0 Å². The van der Waals surface area contributed by atoms with Crippen molar-refractivity contribution < 1.29 is 18.6 Å². The molecule has 100 valence electrons. The van der Waals surface area contributed by atoms with Crippen molar-refractivity contribution in [3.8, 4) is 0 Å². The maximum atomic E-state index is 12.5. The first-order valence-corrected chi connectivity index (χ1v) is 5.04. The number of hydrogen-bond acceptors (Lipinski definition) is 6. The normalized spacial score (nSPS) is 10.7. The Bertz CT molecular complexity index is 601. The van der Waals surface area contributed by atoms with Crippen LogP contribution in [-0.4, -0.2) is 21.4 Å². The van der Waals surface area contributed by atoms with Gasteiger partial charge in [0.25, 0.3) is 6.43 Å². The maximum absolute atomic E-state index is 12.5. The number of nitrogen functional groups attached to an aromatic ring is 1. The molecule has 0 atom stereocenters. The minimum absolute atomic E-state index is 0.0230. The number of rotatable bonds is 3. The van der Waals surface area contributed by atoms with Gasteiger partial charge in [0.15, 0.2) is 17.3 Å². The standard InChI is InChI=1S/C10H9F2N5O2/c11-8(12)5-2-1-3-6(4-5)17(18)10(14)7-9(13)16-19-15-7/h1-4,8,14,18H,(H2,13,16). The molecule has 0 bridgehead atoms. The Labute approximate surface area is 105 Å². The summed E-state index contributed by atoms with van der Waals surface area (Å²) in [7, 11) is 0. The van der Waals surface area contributed by atoms with E-state index in [1.807, 2.05) is 0 Å². The molecular weight excluding hydrogens is 260 g/mol. The van der Waals surface area contributed by atoms with Crippen LogP contribution in [-0.2, 0) is 0 Å². The number of benzene rings is 1. The Morgan fingerprint density at radius 1 is 1.42 bits per heavy atom. The molecule has 0 spiro atoms. The molecule has 0 radical (unpaired) electrons. The summed E-state index contributed by atoms with van der Waals surface area (Å²) in [5.41, 5.74) is 4.87. The Hall–Kier alpha value is -2.55. The van der Waals surface area contributed by atoms with Gasteiger partial charge in [-0.3, -0.25) is 10.6 Å². The van der Waals surface area contributed by atoms with Crippen LogP contribution in [0, 0.1) is 5.41 Å². The number of hydrogen-bond donors (Lipinski definition) is 3. The lowest BCUT2D eigenvalue weighted by Crippen LogP contribution is -2.28. The van der Waals surface area contributed by atoms with Gasteiger partial charge in [-0.25, -0.2) is 18.5 Å². The summed E-state index contributed by atoms with van der Waals surface area (Å²) in [4.78, 5) is 0. The third kappa shape index (κ3) is 2.50. The number of aromatic nitrogens is 2. The monoisotopic (exact) mass is 269 g/mol. The van der Waals surface area contributed by atoms with Crippen LogP contribution in [0.4, 0.5) is 20.3 Å². The quantitative estimate of drug-likeness (QED) is 0.445. The van der Waals surface area contributed by atoms with Gasteiger partial charge in [-0.15, -0.1) is 0 Å². The van der Waals surface area contributed by atoms with Gasteiger partial charge in [0.1, 0.15) is 0 Å². The highest BCUT2D eigenvalue weighted by Gasteiger charge is 2.20. The molecule has 1 aromatic heterocycles. The number of halogens is 2. The molecule has 0 aliphatic carbocycles. The van der Waals surface area contributed by atoms with Crippen molar-refractivity contribution in [1.29, 1.82) is 5.41 Å².